The van der Waals surface area contributed by atoms with Crippen molar-refractivity contribution in [1.29, 1.82) is 0 Å². The van der Waals surface area contributed by atoms with Gasteiger partial charge in [0, 0.05) is 19.0 Å². The van der Waals surface area contributed by atoms with Crippen molar-refractivity contribution < 1.29 is 0 Å². The first-order chi connectivity index (χ1) is 10.1. The van der Waals surface area contributed by atoms with E-state index in [9.17, 15) is 0 Å². The smallest absolute Gasteiger partial charge is 0.111 e. The molecule has 2 fully saturated rings. The van der Waals surface area contributed by atoms with Gasteiger partial charge in [-0.1, -0.05) is 25.0 Å². The third-order valence-electron chi connectivity index (χ3n) is 5.60. The van der Waals surface area contributed by atoms with E-state index in [1.165, 1.54) is 37.6 Å². The molecule has 0 aliphatic heterocycles. The minimum absolute atomic E-state index is 0.0410. The Balaban J connectivity index is 1.59. The van der Waals surface area contributed by atoms with Gasteiger partial charge in [-0.3, -0.25) is 0 Å². The first-order valence-electron chi connectivity index (χ1n) is 8.34. The molecule has 2 N–H and O–H groups in total. The van der Waals surface area contributed by atoms with E-state index < -0.39 is 0 Å². The van der Waals surface area contributed by atoms with E-state index in [1.807, 2.05) is 0 Å². The van der Waals surface area contributed by atoms with Crippen LogP contribution in [0.5, 0.6) is 0 Å². The molecule has 112 valence electrons. The largest absolute Gasteiger partial charge is 0.331 e. The predicted molar refractivity (Wildman–Crippen MR) is 86.0 cm³/mol. The average molecular weight is 283 g/mol. The second-order valence-electron chi connectivity index (χ2n) is 7.31. The maximum absolute atomic E-state index is 6.78. The van der Waals surface area contributed by atoms with Crippen molar-refractivity contribution in [2.75, 3.05) is 0 Å². The lowest BCUT2D eigenvalue weighted by Crippen LogP contribution is -2.47. The summed E-state index contributed by atoms with van der Waals surface area (Å²) in [6.45, 7) is 0. The Labute approximate surface area is 126 Å². The quantitative estimate of drug-likeness (QED) is 0.938. The Morgan fingerprint density at radius 2 is 2.05 bits per heavy atom. The minimum Gasteiger partial charge on any atom is -0.331 e. The number of imidazole rings is 1. The highest BCUT2D eigenvalue weighted by Gasteiger charge is 2.40. The van der Waals surface area contributed by atoms with Gasteiger partial charge < -0.3 is 10.3 Å². The molecular formula is C18H25N3. The number of nitrogens with zero attached hydrogens (tertiary/aromatic N) is 2. The van der Waals surface area contributed by atoms with Gasteiger partial charge in [-0.05, 0) is 49.7 Å². The van der Waals surface area contributed by atoms with Gasteiger partial charge in [0.05, 0.1) is 11.0 Å². The fraction of sp³-hybridized carbons (Fsp3) is 0.611. The summed E-state index contributed by atoms with van der Waals surface area (Å²) < 4.78 is 2.23. The standard InChI is InChI=1S/C18H25N3/c1-21-16-7-3-2-6-15(16)20-17(21)12-18(19)10-4-5-14(11-18)13-8-9-13/h2-3,6-7,13-14H,4-5,8-12,19H2,1H3. The molecule has 3 nitrogen and oxygen atoms in total. The lowest BCUT2D eigenvalue weighted by molar-refractivity contribution is 0.201. The van der Waals surface area contributed by atoms with Crippen LogP contribution in [0, 0.1) is 11.8 Å². The number of nitrogens with two attached hydrogens (primary N) is 1. The molecule has 0 amide bonds. The average Bonchev–Trinajstić information content (AvgIpc) is 3.27. The molecular weight excluding hydrogens is 258 g/mol. The van der Waals surface area contributed by atoms with E-state index in [2.05, 4.69) is 35.9 Å². The number of aromatic nitrogens is 2. The Bertz CT molecular complexity index is 656. The van der Waals surface area contributed by atoms with Gasteiger partial charge in [0.15, 0.2) is 0 Å². The first-order valence-corrected chi connectivity index (χ1v) is 8.34. The molecule has 0 saturated heterocycles. The van der Waals surface area contributed by atoms with Crippen molar-refractivity contribution in [2.45, 2.75) is 50.5 Å². The molecule has 0 bridgehead atoms. The zero-order valence-electron chi connectivity index (χ0n) is 12.9. The maximum atomic E-state index is 6.78. The van der Waals surface area contributed by atoms with Crippen molar-refractivity contribution >= 4 is 11.0 Å². The van der Waals surface area contributed by atoms with Crippen LogP contribution < -0.4 is 5.73 Å². The van der Waals surface area contributed by atoms with E-state index in [0.29, 0.717) is 0 Å². The van der Waals surface area contributed by atoms with Crippen molar-refractivity contribution in [1.82, 2.24) is 9.55 Å². The molecule has 4 rings (SSSR count). The van der Waals surface area contributed by atoms with Crippen LogP contribution in [0.4, 0.5) is 0 Å². The number of rotatable bonds is 3. The number of fused-ring (bicyclic) bond motifs is 1. The summed E-state index contributed by atoms with van der Waals surface area (Å²) in [6, 6.07) is 8.37. The van der Waals surface area contributed by atoms with Crippen LogP contribution in [-0.4, -0.2) is 15.1 Å². The monoisotopic (exact) mass is 283 g/mol. The Morgan fingerprint density at radius 3 is 2.81 bits per heavy atom. The number of aryl methyl sites for hydroxylation is 1. The lowest BCUT2D eigenvalue weighted by Gasteiger charge is -2.38. The van der Waals surface area contributed by atoms with Crippen LogP contribution in [0.2, 0.25) is 0 Å². The van der Waals surface area contributed by atoms with Crippen LogP contribution >= 0.6 is 0 Å². The van der Waals surface area contributed by atoms with Gasteiger partial charge >= 0.3 is 0 Å². The van der Waals surface area contributed by atoms with Crippen LogP contribution in [-0.2, 0) is 13.5 Å². The van der Waals surface area contributed by atoms with Gasteiger partial charge in [0.1, 0.15) is 5.82 Å². The van der Waals surface area contributed by atoms with Gasteiger partial charge in [-0.25, -0.2) is 4.98 Å². The highest BCUT2D eigenvalue weighted by molar-refractivity contribution is 5.75. The first kappa shape index (κ1) is 13.3. The van der Waals surface area contributed by atoms with Crippen molar-refractivity contribution in [2.24, 2.45) is 24.6 Å². The molecule has 2 aromatic rings. The predicted octanol–water partition coefficient (Wildman–Crippen LogP) is 3.41. The fourth-order valence-electron chi connectivity index (χ4n) is 4.24. The minimum atomic E-state index is -0.0410. The summed E-state index contributed by atoms with van der Waals surface area (Å²) in [6.07, 6.45) is 8.83. The zero-order valence-corrected chi connectivity index (χ0v) is 12.9. The zero-order chi connectivity index (χ0) is 14.4. The van der Waals surface area contributed by atoms with Crippen molar-refractivity contribution in [3.8, 4) is 0 Å². The summed E-state index contributed by atoms with van der Waals surface area (Å²) >= 11 is 0. The molecule has 21 heavy (non-hydrogen) atoms. The second kappa shape index (κ2) is 4.84. The van der Waals surface area contributed by atoms with Gasteiger partial charge in [-0.2, -0.15) is 0 Å². The lowest BCUT2D eigenvalue weighted by atomic mass is 9.72. The van der Waals surface area contributed by atoms with Crippen molar-refractivity contribution in [3.63, 3.8) is 0 Å². The molecule has 3 heteroatoms. The molecule has 2 aliphatic carbocycles. The summed E-state index contributed by atoms with van der Waals surface area (Å²) in [4.78, 5) is 4.82. The van der Waals surface area contributed by atoms with E-state index >= 15 is 0 Å². The van der Waals surface area contributed by atoms with Crippen LogP contribution in [0.15, 0.2) is 24.3 Å². The van der Waals surface area contributed by atoms with Crippen LogP contribution in [0.25, 0.3) is 11.0 Å². The van der Waals surface area contributed by atoms with E-state index in [4.69, 9.17) is 10.7 Å². The molecule has 1 heterocycles. The summed E-state index contributed by atoms with van der Waals surface area (Å²) in [5, 5.41) is 0. The highest BCUT2D eigenvalue weighted by Crippen LogP contribution is 2.46. The Hall–Kier alpha value is -1.35. The summed E-state index contributed by atoms with van der Waals surface area (Å²) in [5.41, 5.74) is 9.05. The topological polar surface area (TPSA) is 43.8 Å². The third kappa shape index (κ3) is 2.48. The highest BCUT2D eigenvalue weighted by atomic mass is 15.1. The maximum Gasteiger partial charge on any atom is 0.111 e. The SMILES string of the molecule is Cn1c(CC2(N)CCCC(C3CC3)C2)nc2ccccc21. The van der Waals surface area contributed by atoms with E-state index in [0.717, 1.165) is 36.0 Å². The van der Waals surface area contributed by atoms with Gasteiger partial charge in [0.25, 0.3) is 0 Å². The fourth-order valence-corrected chi connectivity index (χ4v) is 4.24. The Kier molecular flexibility index (Phi) is 3.07. The number of para-hydroxylation sites is 2. The molecule has 1 aromatic heterocycles. The van der Waals surface area contributed by atoms with Crippen molar-refractivity contribution in [3.05, 3.63) is 30.1 Å². The number of benzene rings is 1. The Morgan fingerprint density at radius 1 is 1.24 bits per heavy atom. The normalized spacial score (nSPS) is 29.9. The van der Waals surface area contributed by atoms with Crippen LogP contribution in [0.3, 0.4) is 0 Å². The summed E-state index contributed by atoms with van der Waals surface area (Å²) in [5.74, 6) is 3.00. The molecule has 0 radical (unpaired) electrons. The number of hydrogen-bond acceptors (Lipinski definition) is 2. The van der Waals surface area contributed by atoms with Gasteiger partial charge in [-0.15, -0.1) is 0 Å². The van der Waals surface area contributed by atoms with E-state index in [1.54, 1.807) is 0 Å². The van der Waals surface area contributed by atoms with Gasteiger partial charge in [0.2, 0.25) is 0 Å². The summed E-state index contributed by atoms with van der Waals surface area (Å²) in [7, 11) is 2.12. The molecule has 2 atom stereocenters. The molecule has 2 saturated carbocycles. The molecule has 2 unspecified atom stereocenters. The third-order valence-corrected chi connectivity index (χ3v) is 5.60. The van der Waals surface area contributed by atoms with Crippen LogP contribution in [0.1, 0.15) is 44.3 Å². The number of hydrogen-bond donors (Lipinski definition) is 1. The molecule has 2 aliphatic rings. The van der Waals surface area contributed by atoms with E-state index in [-0.39, 0.29) is 5.54 Å². The molecule has 0 spiro atoms. The second-order valence-corrected chi connectivity index (χ2v) is 7.31. The molecule has 1 aromatic carbocycles.